The van der Waals surface area contributed by atoms with E-state index in [1.54, 1.807) is 43.5 Å². The number of fused-ring (bicyclic) bond motifs is 1. The molecule has 0 fully saturated rings. The lowest BCUT2D eigenvalue weighted by molar-refractivity contribution is 0.0998. The maximum atomic E-state index is 13.2. The van der Waals surface area contributed by atoms with Gasteiger partial charge in [-0.3, -0.25) is 9.52 Å². The Bertz CT molecular complexity index is 1520. The molecule has 0 atom stereocenters. The first-order chi connectivity index (χ1) is 16.3. The van der Waals surface area contributed by atoms with Gasteiger partial charge in [-0.05, 0) is 49.4 Å². The van der Waals surface area contributed by atoms with Crippen LogP contribution in [0.1, 0.15) is 15.9 Å². The van der Waals surface area contributed by atoms with Crippen LogP contribution in [0.15, 0.2) is 76.6 Å². The smallest absolute Gasteiger partial charge is 0.281 e. The molecule has 1 heterocycles. The minimum absolute atomic E-state index is 0.107. The second-order valence-corrected chi connectivity index (χ2v) is 10.7. The van der Waals surface area contributed by atoms with Crippen LogP contribution in [0.2, 0.25) is 5.02 Å². The first-order valence-corrected chi connectivity index (χ1v) is 13.0. The maximum Gasteiger partial charge on any atom is 0.281 e. The predicted octanol–water partition coefficient (Wildman–Crippen LogP) is 4.85. The molecule has 4 aromatic rings. The van der Waals surface area contributed by atoms with Crippen LogP contribution in [0, 0.1) is 6.92 Å². The van der Waals surface area contributed by atoms with Gasteiger partial charge in [-0.2, -0.15) is 4.99 Å². The summed E-state index contributed by atoms with van der Waals surface area (Å²) in [7, 11) is -2.28. The summed E-state index contributed by atoms with van der Waals surface area (Å²) in [5.74, 6) is -0.564. The zero-order chi connectivity index (χ0) is 24.3. The highest BCUT2D eigenvalue weighted by Gasteiger charge is 2.19. The van der Waals surface area contributed by atoms with Crippen LogP contribution in [0.5, 0.6) is 0 Å². The van der Waals surface area contributed by atoms with Crippen molar-refractivity contribution in [3.8, 4) is 0 Å². The summed E-state index contributed by atoms with van der Waals surface area (Å²) in [6, 6.07) is 18.3. The normalized spacial score (nSPS) is 12.3. The molecule has 10 heteroatoms. The van der Waals surface area contributed by atoms with Crippen LogP contribution in [-0.2, 0) is 21.3 Å². The number of ether oxygens (including phenoxy) is 1. The lowest BCUT2D eigenvalue weighted by Gasteiger charge is -2.11. The number of thiazole rings is 1. The third kappa shape index (κ3) is 5.23. The van der Waals surface area contributed by atoms with Gasteiger partial charge in [0.25, 0.3) is 15.9 Å². The molecule has 0 saturated carbocycles. The number of para-hydroxylation sites is 1. The Morgan fingerprint density at radius 1 is 1.12 bits per heavy atom. The van der Waals surface area contributed by atoms with E-state index in [4.69, 9.17) is 16.3 Å². The summed E-state index contributed by atoms with van der Waals surface area (Å²) in [6.45, 7) is 2.80. The Labute approximate surface area is 206 Å². The Balaban J connectivity index is 1.74. The van der Waals surface area contributed by atoms with Gasteiger partial charge in [-0.25, -0.2) is 8.42 Å². The Morgan fingerprint density at radius 3 is 2.59 bits per heavy atom. The Hall–Kier alpha value is -2.98. The van der Waals surface area contributed by atoms with Gasteiger partial charge in [0.1, 0.15) is 0 Å². The summed E-state index contributed by atoms with van der Waals surface area (Å²) in [5.41, 5.74) is 2.13. The fraction of sp³-hybridized carbons (Fsp3) is 0.167. The minimum Gasteiger partial charge on any atom is -0.383 e. The van der Waals surface area contributed by atoms with E-state index in [1.165, 1.54) is 29.5 Å². The van der Waals surface area contributed by atoms with Crippen molar-refractivity contribution in [2.24, 2.45) is 4.99 Å². The highest BCUT2D eigenvalue weighted by Crippen LogP contribution is 2.24. The van der Waals surface area contributed by atoms with Crippen molar-refractivity contribution >= 4 is 54.8 Å². The van der Waals surface area contributed by atoms with Gasteiger partial charge in [-0.15, -0.1) is 0 Å². The largest absolute Gasteiger partial charge is 0.383 e. The highest BCUT2D eigenvalue weighted by molar-refractivity contribution is 7.92. The van der Waals surface area contributed by atoms with Crippen molar-refractivity contribution in [1.82, 2.24) is 4.57 Å². The van der Waals surface area contributed by atoms with E-state index in [1.807, 2.05) is 23.6 Å². The van der Waals surface area contributed by atoms with Crippen LogP contribution in [0.4, 0.5) is 5.69 Å². The summed E-state index contributed by atoms with van der Waals surface area (Å²) in [4.78, 5) is 18.1. The van der Waals surface area contributed by atoms with Crippen molar-refractivity contribution in [3.63, 3.8) is 0 Å². The number of hydrogen-bond acceptors (Lipinski definition) is 5. The van der Waals surface area contributed by atoms with Crippen LogP contribution in [0.25, 0.3) is 10.2 Å². The summed E-state index contributed by atoms with van der Waals surface area (Å²) in [5, 5.41) is 0.585. The van der Waals surface area contributed by atoms with E-state index in [2.05, 4.69) is 9.71 Å². The molecule has 0 bridgehead atoms. The average molecular weight is 516 g/mol. The molecule has 0 spiro atoms. The number of hydrogen-bond donors (Lipinski definition) is 1. The van der Waals surface area contributed by atoms with Gasteiger partial charge < -0.3 is 9.30 Å². The molecule has 0 unspecified atom stereocenters. The lowest BCUT2D eigenvalue weighted by Crippen LogP contribution is -2.20. The molecule has 4 rings (SSSR count). The molecule has 1 aromatic heterocycles. The fourth-order valence-electron chi connectivity index (χ4n) is 3.36. The molecular formula is C24H22ClN3O4S2. The predicted molar refractivity (Wildman–Crippen MR) is 135 cm³/mol. The number of sulfonamides is 1. The number of carbonyl (C=O) groups excluding carboxylic acids is 1. The molecule has 0 radical (unpaired) electrons. The number of rotatable bonds is 7. The summed E-state index contributed by atoms with van der Waals surface area (Å²) in [6.07, 6.45) is 0. The Morgan fingerprint density at radius 2 is 1.85 bits per heavy atom. The van der Waals surface area contributed by atoms with E-state index in [0.717, 1.165) is 15.8 Å². The molecule has 1 amide bonds. The van der Waals surface area contributed by atoms with Crippen LogP contribution < -0.4 is 9.52 Å². The van der Waals surface area contributed by atoms with Gasteiger partial charge in [-0.1, -0.05) is 52.8 Å². The van der Waals surface area contributed by atoms with Crippen molar-refractivity contribution in [2.45, 2.75) is 18.4 Å². The highest BCUT2D eigenvalue weighted by atomic mass is 35.5. The van der Waals surface area contributed by atoms with Gasteiger partial charge in [0, 0.05) is 18.7 Å². The number of amides is 1. The molecule has 0 aliphatic heterocycles. The number of nitrogens with zero attached hydrogens (tertiary/aromatic N) is 2. The van der Waals surface area contributed by atoms with Crippen molar-refractivity contribution in [3.05, 3.63) is 87.7 Å². The van der Waals surface area contributed by atoms with Crippen LogP contribution in [0.3, 0.4) is 0 Å². The number of nitrogens with one attached hydrogen (secondary N) is 1. The number of methoxy groups -OCH3 is 1. The SMILES string of the molecule is COCCn1c(=NC(=O)c2ccccc2NS(=O)(=O)c2ccc(C)cc2)sc2cc(Cl)ccc21. The molecular weight excluding hydrogens is 494 g/mol. The van der Waals surface area contributed by atoms with E-state index in [-0.39, 0.29) is 16.1 Å². The van der Waals surface area contributed by atoms with E-state index >= 15 is 0 Å². The van der Waals surface area contributed by atoms with Crippen molar-refractivity contribution in [2.75, 3.05) is 18.4 Å². The van der Waals surface area contributed by atoms with Gasteiger partial charge >= 0.3 is 0 Å². The summed E-state index contributed by atoms with van der Waals surface area (Å²) >= 11 is 7.46. The van der Waals surface area contributed by atoms with E-state index in [9.17, 15) is 13.2 Å². The van der Waals surface area contributed by atoms with Gasteiger partial charge in [0.15, 0.2) is 4.80 Å². The molecule has 0 saturated heterocycles. The standard InChI is InChI=1S/C24H22ClN3O4S2/c1-16-7-10-18(11-8-16)34(30,31)27-20-6-4-3-5-19(20)23(29)26-24-28(13-14-32-2)21-12-9-17(25)15-22(21)33-24/h3-12,15,27H,13-14H2,1-2H3. The quantitative estimate of drug-likeness (QED) is 0.381. The first kappa shape index (κ1) is 24.2. The molecule has 1 N–H and O–H groups in total. The number of anilines is 1. The van der Waals surface area contributed by atoms with Crippen LogP contribution >= 0.6 is 22.9 Å². The van der Waals surface area contributed by atoms with Crippen molar-refractivity contribution in [1.29, 1.82) is 0 Å². The lowest BCUT2D eigenvalue weighted by atomic mass is 10.2. The fourth-order valence-corrected chi connectivity index (χ4v) is 5.77. The first-order valence-electron chi connectivity index (χ1n) is 10.3. The maximum absolute atomic E-state index is 13.2. The van der Waals surface area contributed by atoms with E-state index < -0.39 is 15.9 Å². The average Bonchev–Trinajstić information content (AvgIpc) is 3.13. The molecule has 3 aromatic carbocycles. The van der Waals surface area contributed by atoms with Gasteiger partial charge in [0.05, 0.1) is 33.0 Å². The number of halogens is 1. The van der Waals surface area contributed by atoms with E-state index in [0.29, 0.717) is 23.0 Å². The molecule has 0 aliphatic carbocycles. The third-order valence-corrected chi connectivity index (χ3v) is 7.75. The third-order valence-electron chi connectivity index (χ3n) is 5.09. The molecule has 176 valence electrons. The van der Waals surface area contributed by atoms with Crippen molar-refractivity contribution < 1.29 is 17.9 Å². The molecule has 7 nitrogen and oxygen atoms in total. The zero-order valence-corrected chi connectivity index (χ0v) is 20.9. The minimum atomic E-state index is -3.88. The second-order valence-electron chi connectivity index (χ2n) is 7.52. The molecule has 34 heavy (non-hydrogen) atoms. The number of benzene rings is 3. The zero-order valence-electron chi connectivity index (χ0n) is 18.5. The van der Waals surface area contributed by atoms with Crippen LogP contribution in [-0.4, -0.2) is 32.6 Å². The monoisotopic (exact) mass is 515 g/mol. The molecule has 0 aliphatic rings. The topological polar surface area (TPSA) is 89.8 Å². The Kier molecular flexibility index (Phi) is 7.18. The number of aromatic nitrogens is 1. The number of carbonyl (C=O) groups is 1. The second kappa shape index (κ2) is 10.1. The number of aryl methyl sites for hydroxylation is 1. The van der Waals surface area contributed by atoms with Gasteiger partial charge in [0.2, 0.25) is 0 Å². The summed E-state index contributed by atoms with van der Waals surface area (Å²) < 4.78 is 36.3.